The standard InChI is InChI=1S/C13H21NO2/c1-10-5-6-12(15-4)11(7-10)8-16-9-13(2,3)14/h5-7H,8-9,14H2,1-4H3. The summed E-state index contributed by atoms with van der Waals surface area (Å²) in [5.41, 5.74) is 7.81. The van der Waals surface area contributed by atoms with Crippen LogP contribution in [0.25, 0.3) is 0 Å². The van der Waals surface area contributed by atoms with Gasteiger partial charge in [-0.25, -0.2) is 0 Å². The number of hydrogen-bond donors (Lipinski definition) is 1. The SMILES string of the molecule is COc1ccc(C)cc1COCC(C)(C)N. The van der Waals surface area contributed by atoms with Crippen molar-refractivity contribution < 1.29 is 9.47 Å². The molecule has 1 aromatic rings. The zero-order chi connectivity index (χ0) is 12.2. The first-order chi connectivity index (χ1) is 7.42. The molecule has 1 rings (SSSR count). The quantitative estimate of drug-likeness (QED) is 0.832. The first-order valence-corrected chi connectivity index (χ1v) is 5.42. The molecule has 0 aliphatic rings. The van der Waals surface area contributed by atoms with Gasteiger partial charge < -0.3 is 15.2 Å². The molecule has 0 atom stereocenters. The van der Waals surface area contributed by atoms with E-state index in [9.17, 15) is 0 Å². The third kappa shape index (κ3) is 4.21. The van der Waals surface area contributed by atoms with Gasteiger partial charge >= 0.3 is 0 Å². The van der Waals surface area contributed by atoms with Crippen LogP contribution in [0.15, 0.2) is 18.2 Å². The van der Waals surface area contributed by atoms with E-state index in [0.717, 1.165) is 11.3 Å². The molecular formula is C13H21NO2. The molecule has 0 saturated heterocycles. The summed E-state index contributed by atoms with van der Waals surface area (Å²) in [5.74, 6) is 0.862. The third-order valence-electron chi connectivity index (χ3n) is 2.17. The van der Waals surface area contributed by atoms with Gasteiger partial charge in [-0.3, -0.25) is 0 Å². The van der Waals surface area contributed by atoms with Crippen molar-refractivity contribution in [3.05, 3.63) is 29.3 Å². The van der Waals surface area contributed by atoms with Gasteiger partial charge in [-0.2, -0.15) is 0 Å². The van der Waals surface area contributed by atoms with Gasteiger partial charge in [0.2, 0.25) is 0 Å². The highest BCUT2D eigenvalue weighted by atomic mass is 16.5. The van der Waals surface area contributed by atoms with Gasteiger partial charge in [0.05, 0.1) is 20.3 Å². The van der Waals surface area contributed by atoms with E-state index in [1.165, 1.54) is 5.56 Å². The van der Waals surface area contributed by atoms with Gasteiger partial charge in [-0.15, -0.1) is 0 Å². The van der Waals surface area contributed by atoms with Crippen LogP contribution >= 0.6 is 0 Å². The molecule has 1 aromatic carbocycles. The molecule has 0 heterocycles. The predicted molar refractivity (Wildman–Crippen MR) is 65.7 cm³/mol. The Labute approximate surface area is 97.6 Å². The predicted octanol–water partition coefficient (Wildman–Crippen LogP) is 2.26. The highest BCUT2D eigenvalue weighted by Crippen LogP contribution is 2.20. The van der Waals surface area contributed by atoms with E-state index in [1.54, 1.807) is 7.11 Å². The maximum atomic E-state index is 5.84. The van der Waals surface area contributed by atoms with E-state index in [1.807, 2.05) is 26.0 Å². The Kier molecular flexibility index (Phi) is 4.33. The minimum atomic E-state index is -0.295. The summed E-state index contributed by atoms with van der Waals surface area (Å²) in [7, 11) is 1.67. The number of benzene rings is 1. The first-order valence-electron chi connectivity index (χ1n) is 5.42. The second kappa shape index (κ2) is 5.32. The molecule has 0 unspecified atom stereocenters. The van der Waals surface area contributed by atoms with Crippen molar-refractivity contribution in [2.75, 3.05) is 13.7 Å². The van der Waals surface area contributed by atoms with Crippen molar-refractivity contribution in [2.45, 2.75) is 32.9 Å². The molecule has 0 spiro atoms. The summed E-state index contributed by atoms with van der Waals surface area (Å²) >= 11 is 0. The summed E-state index contributed by atoms with van der Waals surface area (Å²) in [6, 6.07) is 6.05. The van der Waals surface area contributed by atoms with Crippen molar-refractivity contribution in [3.63, 3.8) is 0 Å². The summed E-state index contributed by atoms with van der Waals surface area (Å²) in [6.45, 7) is 7.01. The van der Waals surface area contributed by atoms with Gasteiger partial charge in [-0.1, -0.05) is 17.7 Å². The maximum absolute atomic E-state index is 5.84. The average Bonchev–Trinajstić information content (AvgIpc) is 2.16. The molecule has 3 nitrogen and oxygen atoms in total. The van der Waals surface area contributed by atoms with Crippen LogP contribution in [-0.2, 0) is 11.3 Å². The van der Waals surface area contributed by atoms with Crippen LogP contribution in [0, 0.1) is 6.92 Å². The van der Waals surface area contributed by atoms with Crippen LogP contribution in [0.2, 0.25) is 0 Å². The van der Waals surface area contributed by atoms with Gasteiger partial charge in [0, 0.05) is 11.1 Å². The molecular weight excluding hydrogens is 202 g/mol. The molecule has 0 aromatic heterocycles. The average molecular weight is 223 g/mol. The maximum Gasteiger partial charge on any atom is 0.124 e. The fourth-order valence-corrected chi connectivity index (χ4v) is 1.44. The first kappa shape index (κ1) is 13.0. The van der Waals surface area contributed by atoms with E-state index in [2.05, 4.69) is 13.0 Å². The molecule has 0 radical (unpaired) electrons. The largest absolute Gasteiger partial charge is 0.496 e. The molecule has 0 aliphatic carbocycles. The zero-order valence-corrected chi connectivity index (χ0v) is 10.5. The lowest BCUT2D eigenvalue weighted by Gasteiger charge is -2.19. The summed E-state index contributed by atoms with van der Waals surface area (Å²) in [4.78, 5) is 0. The minimum Gasteiger partial charge on any atom is -0.496 e. The van der Waals surface area contributed by atoms with Crippen molar-refractivity contribution in [2.24, 2.45) is 5.73 Å². The van der Waals surface area contributed by atoms with Crippen LogP contribution < -0.4 is 10.5 Å². The number of methoxy groups -OCH3 is 1. The highest BCUT2D eigenvalue weighted by Gasteiger charge is 2.11. The van der Waals surface area contributed by atoms with E-state index in [-0.39, 0.29) is 5.54 Å². The van der Waals surface area contributed by atoms with E-state index >= 15 is 0 Å². The van der Waals surface area contributed by atoms with E-state index in [4.69, 9.17) is 15.2 Å². The normalized spacial score (nSPS) is 11.6. The van der Waals surface area contributed by atoms with Crippen molar-refractivity contribution in [3.8, 4) is 5.75 Å². The number of hydrogen-bond acceptors (Lipinski definition) is 3. The number of rotatable bonds is 5. The number of aryl methyl sites for hydroxylation is 1. The Hall–Kier alpha value is -1.06. The molecule has 3 heteroatoms. The van der Waals surface area contributed by atoms with Crippen LogP contribution in [-0.4, -0.2) is 19.3 Å². The second-order valence-corrected chi connectivity index (χ2v) is 4.80. The van der Waals surface area contributed by atoms with Crippen LogP contribution in [0.5, 0.6) is 5.75 Å². The molecule has 0 amide bonds. The summed E-state index contributed by atoms with van der Waals surface area (Å²) < 4.78 is 10.8. The smallest absolute Gasteiger partial charge is 0.124 e. The number of nitrogens with two attached hydrogens (primary N) is 1. The van der Waals surface area contributed by atoms with Crippen LogP contribution in [0.1, 0.15) is 25.0 Å². The van der Waals surface area contributed by atoms with Crippen LogP contribution in [0.4, 0.5) is 0 Å². The number of ether oxygens (including phenoxy) is 2. The summed E-state index contributed by atoms with van der Waals surface area (Å²) in [5, 5.41) is 0. The Morgan fingerprint density at radius 3 is 2.56 bits per heavy atom. The van der Waals surface area contributed by atoms with Crippen molar-refractivity contribution in [1.29, 1.82) is 0 Å². The Morgan fingerprint density at radius 1 is 1.31 bits per heavy atom. The van der Waals surface area contributed by atoms with Gasteiger partial charge in [0.25, 0.3) is 0 Å². The second-order valence-electron chi connectivity index (χ2n) is 4.80. The zero-order valence-electron chi connectivity index (χ0n) is 10.5. The van der Waals surface area contributed by atoms with Crippen molar-refractivity contribution >= 4 is 0 Å². The van der Waals surface area contributed by atoms with E-state index < -0.39 is 0 Å². The lowest BCUT2D eigenvalue weighted by Crippen LogP contribution is -2.37. The van der Waals surface area contributed by atoms with Gasteiger partial charge in [0.15, 0.2) is 0 Å². The van der Waals surface area contributed by atoms with Gasteiger partial charge in [-0.05, 0) is 26.8 Å². The Bertz CT molecular complexity index is 342. The molecule has 0 fully saturated rings. The fourth-order valence-electron chi connectivity index (χ4n) is 1.44. The lowest BCUT2D eigenvalue weighted by molar-refractivity contribution is 0.0837. The Morgan fingerprint density at radius 2 is 2.00 bits per heavy atom. The molecule has 0 aliphatic heterocycles. The summed E-state index contributed by atoms with van der Waals surface area (Å²) in [6.07, 6.45) is 0. The van der Waals surface area contributed by atoms with Crippen molar-refractivity contribution in [1.82, 2.24) is 0 Å². The molecule has 0 bridgehead atoms. The van der Waals surface area contributed by atoms with Gasteiger partial charge in [0.1, 0.15) is 5.75 Å². The Balaban J connectivity index is 2.62. The minimum absolute atomic E-state index is 0.295. The molecule has 90 valence electrons. The monoisotopic (exact) mass is 223 g/mol. The third-order valence-corrected chi connectivity index (χ3v) is 2.17. The lowest BCUT2D eigenvalue weighted by atomic mass is 10.1. The van der Waals surface area contributed by atoms with Crippen LogP contribution in [0.3, 0.4) is 0 Å². The van der Waals surface area contributed by atoms with E-state index in [0.29, 0.717) is 13.2 Å². The molecule has 2 N–H and O–H groups in total. The topological polar surface area (TPSA) is 44.5 Å². The highest BCUT2D eigenvalue weighted by molar-refractivity contribution is 5.36. The molecule has 16 heavy (non-hydrogen) atoms. The molecule has 0 saturated carbocycles. The fraction of sp³-hybridized carbons (Fsp3) is 0.538.